The van der Waals surface area contributed by atoms with E-state index in [9.17, 15) is 5.11 Å². The summed E-state index contributed by atoms with van der Waals surface area (Å²) in [4.78, 5) is 0. The van der Waals surface area contributed by atoms with Gasteiger partial charge in [-0.2, -0.15) is 0 Å². The Hall–Kier alpha value is -0.510. The normalized spacial score (nSPS) is 19.9. The number of aliphatic hydroxyl groups excluding tert-OH is 1. The van der Waals surface area contributed by atoms with E-state index in [-0.39, 0.29) is 12.0 Å². The Kier molecular flexibility index (Phi) is 5.50. The van der Waals surface area contributed by atoms with Crippen LogP contribution in [-0.2, 0) is 4.74 Å². The second kappa shape index (κ2) is 6.43. The molecule has 0 fully saturated rings. The second-order valence-electron chi connectivity index (χ2n) is 4.72. The van der Waals surface area contributed by atoms with Crippen molar-refractivity contribution < 1.29 is 9.84 Å². The van der Waals surface area contributed by atoms with E-state index in [1.807, 2.05) is 13.1 Å². The van der Waals surface area contributed by atoms with Crippen molar-refractivity contribution in [2.45, 2.75) is 26.2 Å². The van der Waals surface area contributed by atoms with Gasteiger partial charge < -0.3 is 15.2 Å². The minimum Gasteiger partial charge on any atom is -0.496 e. The molecule has 0 radical (unpaired) electrons. The molecule has 0 aromatic rings. The number of halogens is 1. The van der Waals surface area contributed by atoms with Gasteiger partial charge in [-0.15, -0.1) is 0 Å². The van der Waals surface area contributed by atoms with Crippen LogP contribution in [0, 0.1) is 5.41 Å². The molecule has 0 bridgehead atoms. The maximum atomic E-state index is 9.63. The van der Waals surface area contributed by atoms with Crippen molar-refractivity contribution in [1.29, 1.82) is 0 Å². The molecule has 0 aromatic carbocycles. The molecule has 1 atom stereocenters. The third kappa shape index (κ3) is 3.47. The number of hydrogen-bond donors (Lipinski definition) is 2. The van der Waals surface area contributed by atoms with Crippen LogP contribution in [0.2, 0.25) is 0 Å². The maximum absolute atomic E-state index is 9.63. The molecule has 1 unspecified atom stereocenters. The van der Waals surface area contributed by atoms with Crippen LogP contribution < -0.4 is 5.32 Å². The van der Waals surface area contributed by atoms with Crippen LogP contribution >= 0.6 is 11.6 Å². The summed E-state index contributed by atoms with van der Waals surface area (Å²) >= 11 is 6.08. The molecule has 0 spiro atoms. The van der Waals surface area contributed by atoms with Crippen LogP contribution in [0.5, 0.6) is 0 Å². The lowest BCUT2D eigenvalue weighted by Gasteiger charge is -2.32. The van der Waals surface area contributed by atoms with Crippen LogP contribution in [0.1, 0.15) is 26.2 Å². The Morgan fingerprint density at radius 2 is 2.24 bits per heavy atom. The van der Waals surface area contributed by atoms with Gasteiger partial charge in [0.25, 0.3) is 0 Å². The molecule has 0 heterocycles. The molecule has 2 N–H and O–H groups in total. The molecule has 0 aliphatic heterocycles. The van der Waals surface area contributed by atoms with Gasteiger partial charge in [-0.05, 0) is 38.9 Å². The Morgan fingerprint density at radius 3 is 2.76 bits per heavy atom. The van der Waals surface area contributed by atoms with Gasteiger partial charge in [0.1, 0.15) is 5.76 Å². The Bertz CT molecular complexity index is 325. The molecule has 3 nitrogen and oxygen atoms in total. The summed E-state index contributed by atoms with van der Waals surface area (Å²) in [6, 6.07) is 0. The van der Waals surface area contributed by atoms with E-state index >= 15 is 0 Å². The minimum atomic E-state index is -0.190. The van der Waals surface area contributed by atoms with Gasteiger partial charge in [-0.1, -0.05) is 24.1 Å². The van der Waals surface area contributed by atoms with Crippen LogP contribution in [0.3, 0.4) is 0 Å². The summed E-state index contributed by atoms with van der Waals surface area (Å²) in [5.74, 6) is 0.733. The second-order valence-corrected chi connectivity index (χ2v) is 5.17. The largest absolute Gasteiger partial charge is 0.496 e. The van der Waals surface area contributed by atoms with Gasteiger partial charge in [0, 0.05) is 5.41 Å². The first-order valence-corrected chi connectivity index (χ1v) is 6.34. The van der Waals surface area contributed by atoms with Gasteiger partial charge in [0.15, 0.2) is 0 Å². The number of hydrogen-bond acceptors (Lipinski definition) is 3. The standard InChI is InChI=1S/C13H22ClNO2/c1-13(9-16,6-7-15-2)10-4-5-11(14)12(8-10)17-3/h8,15-16H,4-7,9H2,1-3H3. The maximum Gasteiger partial charge on any atom is 0.133 e. The van der Waals surface area contributed by atoms with Crippen molar-refractivity contribution in [1.82, 2.24) is 5.32 Å². The number of allylic oxidation sites excluding steroid dienone is 2. The van der Waals surface area contributed by atoms with Crippen LogP contribution in [0.4, 0.5) is 0 Å². The number of rotatable bonds is 6. The number of aliphatic hydroxyl groups is 1. The highest BCUT2D eigenvalue weighted by Gasteiger charge is 2.30. The average Bonchev–Trinajstić information content (AvgIpc) is 2.36. The van der Waals surface area contributed by atoms with Gasteiger partial charge in [-0.25, -0.2) is 0 Å². The topological polar surface area (TPSA) is 41.5 Å². The van der Waals surface area contributed by atoms with E-state index in [1.54, 1.807) is 7.11 Å². The van der Waals surface area contributed by atoms with Gasteiger partial charge in [0.2, 0.25) is 0 Å². The van der Waals surface area contributed by atoms with Gasteiger partial charge in [0.05, 0.1) is 18.7 Å². The fraction of sp³-hybridized carbons (Fsp3) is 0.692. The molecule has 0 saturated heterocycles. The zero-order valence-electron chi connectivity index (χ0n) is 10.8. The fourth-order valence-corrected chi connectivity index (χ4v) is 2.29. The Morgan fingerprint density at radius 1 is 1.53 bits per heavy atom. The molecule has 4 heteroatoms. The van der Waals surface area contributed by atoms with Crippen molar-refractivity contribution >= 4 is 11.6 Å². The van der Waals surface area contributed by atoms with Crippen molar-refractivity contribution in [3.63, 3.8) is 0 Å². The quantitative estimate of drug-likeness (QED) is 0.770. The van der Waals surface area contributed by atoms with Gasteiger partial charge in [-0.3, -0.25) is 0 Å². The third-order valence-electron chi connectivity index (χ3n) is 3.46. The first-order chi connectivity index (χ1) is 8.07. The SMILES string of the molecule is CNCCC(C)(CO)C1=CC(OC)=C(Cl)CC1. The van der Waals surface area contributed by atoms with E-state index in [0.717, 1.165) is 36.6 Å². The molecular weight excluding hydrogens is 238 g/mol. The van der Waals surface area contributed by atoms with Crippen molar-refractivity contribution in [2.24, 2.45) is 5.41 Å². The number of nitrogens with one attached hydrogen (secondary N) is 1. The van der Waals surface area contributed by atoms with Crippen LogP contribution in [-0.4, -0.2) is 32.4 Å². The fourth-order valence-electron chi connectivity index (χ4n) is 2.06. The van der Waals surface area contributed by atoms with E-state index in [1.165, 1.54) is 5.57 Å². The molecule has 98 valence electrons. The van der Waals surface area contributed by atoms with E-state index < -0.39 is 0 Å². The summed E-state index contributed by atoms with van der Waals surface area (Å²) in [7, 11) is 3.55. The average molecular weight is 260 g/mol. The van der Waals surface area contributed by atoms with Crippen LogP contribution in [0.15, 0.2) is 22.4 Å². The molecule has 0 aromatic heterocycles. The predicted molar refractivity (Wildman–Crippen MR) is 70.9 cm³/mol. The zero-order valence-corrected chi connectivity index (χ0v) is 11.6. The summed E-state index contributed by atoms with van der Waals surface area (Å²) < 4.78 is 5.25. The number of ether oxygens (including phenoxy) is 1. The first-order valence-electron chi connectivity index (χ1n) is 5.96. The van der Waals surface area contributed by atoms with Crippen molar-refractivity contribution in [3.05, 3.63) is 22.4 Å². The summed E-state index contributed by atoms with van der Waals surface area (Å²) in [6.45, 7) is 3.12. The van der Waals surface area contributed by atoms with Crippen molar-refractivity contribution in [2.75, 3.05) is 27.3 Å². The predicted octanol–water partition coefficient (Wildman–Crippen LogP) is 2.41. The Labute approximate surface area is 108 Å². The highest BCUT2D eigenvalue weighted by atomic mass is 35.5. The van der Waals surface area contributed by atoms with Crippen LogP contribution in [0.25, 0.3) is 0 Å². The monoisotopic (exact) mass is 259 g/mol. The molecular formula is C13H22ClNO2. The van der Waals surface area contributed by atoms with Crippen molar-refractivity contribution in [3.8, 4) is 0 Å². The van der Waals surface area contributed by atoms with E-state index in [0.29, 0.717) is 0 Å². The molecule has 1 rings (SSSR count). The van der Waals surface area contributed by atoms with E-state index in [4.69, 9.17) is 16.3 Å². The first kappa shape index (κ1) is 14.6. The lowest BCUT2D eigenvalue weighted by Crippen LogP contribution is -2.29. The summed E-state index contributed by atoms with van der Waals surface area (Å²) in [6.07, 6.45) is 4.58. The minimum absolute atomic E-state index is 0.148. The smallest absolute Gasteiger partial charge is 0.133 e. The molecule has 1 aliphatic rings. The third-order valence-corrected chi connectivity index (χ3v) is 3.83. The zero-order chi connectivity index (χ0) is 12.9. The highest BCUT2D eigenvalue weighted by molar-refractivity contribution is 6.30. The number of methoxy groups -OCH3 is 1. The highest BCUT2D eigenvalue weighted by Crippen LogP contribution is 2.39. The molecule has 1 aliphatic carbocycles. The Balaban J connectivity index is 2.89. The van der Waals surface area contributed by atoms with Gasteiger partial charge >= 0.3 is 0 Å². The van der Waals surface area contributed by atoms with E-state index in [2.05, 4.69) is 12.2 Å². The lowest BCUT2D eigenvalue weighted by molar-refractivity contribution is 0.160. The summed E-state index contributed by atoms with van der Waals surface area (Å²) in [5, 5.41) is 13.5. The molecule has 0 amide bonds. The lowest BCUT2D eigenvalue weighted by atomic mass is 9.76. The molecule has 17 heavy (non-hydrogen) atoms. The summed E-state index contributed by atoms with van der Waals surface area (Å²) in [5.41, 5.74) is 1.03. The molecule has 0 saturated carbocycles.